The molecule has 1 aromatic carbocycles. The summed E-state index contributed by atoms with van der Waals surface area (Å²) in [6, 6.07) is 12.4. The number of thiophene rings is 1. The van der Waals surface area contributed by atoms with Crippen LogP contribution in [0.5, 0.6) is 0 Å². The zero-order chi connectivity index (χ0) is 18.4. The van der Waals surface area contributed by atoms with Crippen molar-refractivity contribution in [2.75, 3.05) is 11.9 Å². The minimum absolute atomic E-state index is 0.0236. The second-order valence-corrected chi connectivity index (χ2v) is 8.54. The van der Waals surface area contributed by atoms with Gasteiger partial charge in [0.05, 0.1) is 16.6 Å². The summed E-state index contributed by atoms with van der Waals surface area (Å²) in [5, 5.41) is 9.14. The molecule has 3 rings (SSSR count). The molecule has 0 spiro atoms. The van der Waals surface area contributed by atoms with Gasteiger partial charge in [0.15, 0.2) is 5.13 Å². The van der Waals surface area contributed by atoms with Gasteiger partial charge in [-0.05, 0) is 30.5 Å². The number of rotatable bonds is 8. The Morgan fingerprint density at radius 2 is 2.00 bits per heavy atom. The van der Waals surface area contributed by atoms with Crippen molar-refractivity contribution >= 4 is 45.3 Å². The second-order valence-electron chi connectivity index (χ2n) is 5.88. The summed E-state index contributed by atoms with van der Waals surface area (Å²) in [5.74, 6) is 0.0236. The van der Waals surface area contributed by atoms with Crippen LogP contribution in [0.4, 0.5) is 5.13 Å². The molecule has 0 aliphatic rings. The molecule has 4 nitrogen and oxygen atoms in total. The lowest BCUT2D eigenvalue weighted by atomic mass is 10.1. The number of aromatic nitrogens is 1. The zero-order valence-corrected chi connectivity index (χ0v) is 16.8. The molecule has 2 aromatic heterocycles. The van der Waals surface area contributed by atoms with Crippen molar-refractivity contribution in [1.82, 2.24) is 10.3 Å². The Hall–Kier alpha value is -1.89. The summed E-state index contributed by atoms with van der Waals surface area (Å²) in [6.45, 7) is 2.99. The molecule has 0 aliphatic carbocycles. The molecule has 26 heavy (non-hydrogen) atoms. The highest BCUT2D eigenvalue weighted by atomic mass is 35.5. The summed E-state index contributed by atoms with van der Waals surface area (Å²) >= 11 is 9.13. The predicted octanol–water partition coefficient (Wildman–Crippen LogP) is 5.21. The molecule has 0 atom stereocenters. The molecule has 0 radical (unpaired) electrons. The van der Waals surface area contributed by atoms with Crippen molar-refractivity contribution < 1.29 is 4.79 Å². The Labute approximate surface area is 166 Å². The smallest absolute Gasteiger partial charge is 0.216 e. The van der Waals surface area contributed by atoms with Crippen LogP contribution >= 0.6 is 34.3 Å². The van der Waals surface area contributed by atoms with Crippen LogP contribution in [0.1, 0.15) is 23.8 Å². The maximum atomic E-state index is 10.9. The average Bonchev–Trinajstić information content (AvgIpc) is 3.26. The number of halogens is 1. The quantitative estimate of drug-likeness (QED) is 0.506. The molecule has 0 saturated carbocycles. The minimum atomic E-state index is 0.0236. The topological polar surface area (TPSA) is 54.0 Å². The molecule has 0 aliphatic heterocycles. The molecule has 136 valence electrons. The van der Waals surface area contributed by atoms with Gasteiger partial charge in [-0.15, -0.1) is 22.7 Å². The summed E-state index contributed by atoms with van der Waals surface area (Å²) < 4.78 is 0.804. The number of amides is 1. The van der Waals surface area contributed by atoms with Crippen molar-refractivity contribution in [2.24, 2.45) is 0 Å². The van der Waals surface area contributed by atoms with E-state index in [9.17, 15) is 4.79 Å². The molecule has 2 heterocycles. The van der Waals surface area contributed by atoms with E-state index in [1.54, 1.807) is 29.6 Å². The Kier molecular flexibility index (Phi) is 6.66. The molecule has 0 unspecified atom stereocenters. The van der Waals surface area contributed by atoms with Gasteiger partial charge in [-0.3, -0.25) is 4.79 Å². The number of thiazole rings is 1. The van der Waals surface area contributed by atoms with Crippen LogP contribution in [-0.4, -0.2) is 17.4 Å². The van der Waals surface area contributed by atoms with Gasteiger partial charge in [-0.2, -0.15) is 0 Å². The maximum Gasteiger partial charge on any atom is 0.216 e. The van der Waals surface area contributed by atoms with Gasteiger partial charge in [0.2, 0.25) is 5.91 Å². The van der Waals surface area contributed by atoms with Crippen LogP contribution in [0, 0.1) is 0 Å². The third kappa shape index (κ3) is 5.56. The van der Waals surface area contributed by atoms with E-state index >= 15 is 0 Å². The van der Waals surface area contributed by atoms with Crippen molar-refractivity contribution in [3.63, 3.8) is 0 Å². The lowest BCUT2D eigenvalue weighted by Crippen LogP contribution is -2.21. The minimum Gasteiger partial charge on any atom is -0.357 e. The number of benzene rings is 1. The van der Waals surface area contributed by atoms with E-state index in [4.69, 9.17) is 11.6 Å². The average molecular weight is 406 g/mol. The van der Waals surface area contributed by atoms with Crippen molar-refractivity contribution in [2.45, 2.75) is 26.3 Å². The Morgan fingerprint density at radius 1 is 1.19 bits per heavy atom. The number of carbonyl (C=O) groups is 1. The van der Waals surface area contributed by atoms with Gasteiger partial charge in [0, 0.05) is 29.3 Å². The highest BCUT2D eigenvalue weighted by Gasteiger charge is 2.06. The number of carbonyl (C=O) groups excluding carboxylic acids is 1. The van der Waals surface area contributed by atoms with E-state index < -0.39 is 0 Å². The Balaban J connectivity index is 1.52. The van der Waals surface area contributed by atoms with Crippen LogP contribution in [0.25, 0.3) is 11.3 Å². The number of nitrogens with zero attached hydrogens (tertiary/aromatic N) is 1. The monoisotopic (exact) mass is 405 g/mol. The van der Waals surface area contributed by atoms with Gasteiger partial charge in [-0.1, -0.05) is 35.9 Å². The van der Waals surface area contributed by atoms with Crippen LogP contribution in [0.3, 0.4) is 0 Å². The van der Waals surface area contributed by atoms with Crippen molar-refractivity contribution in [3.8, 4) is 11.3 Å². The molecule has 1 amide bonds. The van der Waals surface area contributed by atoms with E-state index in [1.807, 2.05) is 12.1 Å². The first-order valence-corrected chi connectivity index (χ1v) is 10.4. The van der Waals surface area contributed by atoms with Crippen LogP contribution in [0.2, 0.25) is 4.34 Å². The molecule has 2 N–H and O–H groups in total. The highest BCUT2D eigenvalue weighted by Crippen LogP contribution is 2.27. The summed E-state index contributed by atoms with van der Waals surface area (Å²) in [7, 11) is 0. The third-order valence-electron chi connectivity index (χ3n) is 3.81. The fourth-order valence-corrected chi connectivity index (χ4v) is 4.24. The van der Waals surface area contributed by atoms with Crippen LogP contribution in [0.15, 0.2) is 41.8 Å². The molecule has 3 aromatic rings. The summed E-state index contributed by atoms with van der Waals surface area (Å²) in [6.07, 6.45) is 1.89. The largest absolute Gasteiger partial charge is 0.357 e. The summed E-state index contributed by atoms with van der Waals surface area (Å²) in [4.78, 5) is 16.7. The van der Waals surface area contributed by atoms with Crippen LogP contribution in [-0.2, 0) is 17.8 Å². The second kappa shape index (κ2) is 9.16. The Morgan fingerprint density at radius 3 is 2.69 bits per heavy atom. The fourth-order valence-electron chi connectivity index (χ4n) is 2.50. The molecule has 0 fully saturated rings. The number of aryl methyl sites for hydroxylation is 1. The number of anilines is 1. The first-order valence-electron chi connectivity index (χ1n) is 8.37. The first kappa shape index (κ1) is 18.9. The fraction of sp³-hybridized carbons (Fsp3) is 0.263. The van der Waals surface area contributed by atoms with Gasteiger partial charge in [0.1, 0.15) is 0 Å². The number of nitrogens with one attached hydrogen (secondary N) is 2. The molecule has 0 bridgehead atoms. The lowest BCUT2D eigenvalue weighted by molar-refractivity contribution is -0.118. The molecule has 7 heteroatoms. The van der Waals surface area contributed by atoms with E-state index in [1.165, 1.54) is 10.4 Å². The lowest BCUT2D eigenvalue weighted by Gasteiger charge is -2.04. The van der Waals surface area contributed by atoms with Crippen LogP contribution < -0.4 is 10.6 Å². The zero-order valence-electron chi connectivity index (χ0n) is 14.4. The van der Waals surface area contributed by atoms with Crippen molar-refractivity contribution in [3.05, 3.63) is 56.6 Å². The van der Waals surface area contributed by atoms with E-state index in [0.29, 0.717) is 6.54 Å². The predicted molar refractivity (Wildman–Crippen MR) is 111 cm³/mol. The third-order valence-corrected chi connectivity index (χ3v) is 5.84. The Bertz CT molecular complexity index is 858. The van der Waals surface area contributed by atoms with Gasteiger partial charge in [0.25, 0.3) is 0 Å². The van der Waals surface area contributed by atoms with Gasteiger partial charge in [-0.25, -0.2) is 4.98 Å². The molecule has 0 saturated heterocycles. The summed E-state index contributed by atoms with van der Waals surface area (Å²) in [5.41, 5.74) is 3.35. The van der Waals surface area contributed by atoms with E-state index in [2.05, 4.69) is 45.3 Å². The van der Waals surface area contributed by atoms with Gasteiger partial charge >= 0.3 is 0 Å². The first-order chi connectivity index (χ1) is 12.6. The van der Waals surface area contributed by atoms with E-state index in [-0.39, 0.29) is 5.91 Å². The highest BCUT2D eigenvalue weighted by molar-refractivity contribution is 7.16. The normalized spacial score (nSPS) is 10.7. The van der Waals surface area contributed by atoms with Crippen molar-refractivity contribution in [1.29, 1.82) is 0 Å². The number of hydrogen-bond acceptors (Lipinski definition) is 5. The molecular weight excluding hydrogens is 386 g/mol. The maximum absolute atomic E-state index is 10.9. The standard InChI is InChI=1S/C19H20ClN3OS2/c1-13(24)21-10-2-3-14-4-6-15(7-5-14)17-12-25-19(23-17)22-11-16-8-9-18(20)26-16/h4-9,12H,2-3,10-11H2,1H3,(H,21,24)(H,22,23). The SMILES string of the molecule is CC(=O)NCCCc1ccc(-c2csc(NCc3ccc(Cl)s3)n2)cc1. The van der Waals surface area contributed by atoms with Gasteiger partial charge < -0.3 is 10.6 Å². The van der Waals surface area contributed by atoms with E-state index in [0.717, 1.165) is 40.1 Å². The number of hydrogen-bond donors (Lipinski definition) is 2. The molecular formula is C19H20ClN3OS2.